The summed E-state index contributed by atoms with van der Waals surface area (Å²) in [4.78, 5) is 9.69. The highest BCUT2D eigenvalue weighted by atomic mass is 32.2. The average molecular weight is 507 g/mol. The van der Waals surface area contributed by atoms with Gasteiger partial charge in [-0.3, -0.25) is 4.99 Å². The first-order valence-electron chi connectivity index (χ1n) is 13.8. The number of nitrogens with zero attached hydrogens (tertiary/aromatic N) is 4. The quantitative estimate of drug-likeness (QED) is 0.261. The maximum Gasteiger partial charge on any atom is 0.128 e. The Morgan fingerprint density at radius 3 is 2.47 bits per heavy atom. The molecule has 0 spiro atoms. The van der Waals surface area contributed by atoms with E-state index >= 15 is 0 Å². The number of hydrogen-bond donors (Lipinski definition) is 2. The van der Waals surface area contributed by atoms with Crippen LogP contribution in [0.4, 0.5) is 11.6 Å². The van der Waals surface area contributed by atoms with Crippen molar-refractivity contribution >= 4 is 34.0 Å². The molecule has 36 heavy (non-hydrogen) atoms. The molecule has 7 heteroatoms. The Hall–Kier alpha value is -2.54. The van der Waals surface area contributed by atoms with Crippen LogP contribution in [0.15, 0.2) is 41.5 Å². The van der Waals surface area contributed by atoms with Gasteiger partial charge in [0.2, 0.25) is 0 Å². The van der Waals surface area contributed by atoms with Crippen LogP contribution in [-0.4, -0.2) is 37.5 Å². The lowest BCUT2D eigenvalue weighted by Gasteiger charge is -2.19. The summed E-state index contributed by atoms with van der Waals surface area (Å²) < 4.78 is 2.11. The van der Waals surface area contributed by atoms with Gasteiger partial charge < -0.3 is 10.6 Å². The molecule has 0 bridgehead atoms. The number of pyridine rings is 2. The molecule has 3 atom stereocenters. The molecule has 3 aromatic heterocycles. The van der Waals surface area contributed by atoms with Gasteiger partial charge in [-0.15, -0.1) is 11.8 Å². The summed E-state index contributed by atoms with van der Waals surface area (Å²) in [5.41, 5.74) is 4.49. The molecule has 3 unspecified atom stereocenters. The van der Waals surface area contributed by atoms with Crippen LogP contribution in [0.1, 0.15) is 91.3 Å². The van der Waals surface area contributed by atoms with Crippen molar-refractivity contribution in [1.82, 2.24) is 14.6 Å². The van der Waals surface area contributed by atoms with Gasteiger partial charge in [0.1, 0.15) is 11.6 Å². The number of nitrogens with one attached hydrogen (secondary N) is 2. The van der Waals surface area contributed by atoms with Crippen LogP contribution < -0.4 is 10.6 Å². The molecule has 0 aromatic carbocycles. The van der Waals surface area contributed by atoms with Crippen molar-refractivity contribution in [2.45, 2.75) is 97.7 Å². The van der Waals surface area contributed by atoms with Crippen molar-refractivity contribution in [2.75, 3.05) is 16.4 Å². The Labute approximate surface area is 220 Å². The molecule has 4 rings (SSSR count). The third kappa shape index (κ3) is 6.05. The zero-order chi connectivity index (χ0) is 25.5. The highest BCUT2D eigenvalue weighted by molar-refractivity contribution is 8.13. The molecule has 1 aliphatic rings. The number of aromatic nitrogens is 3. The Kier molecular flexibility index (Phi) is 9.30. The lowest BCUT2D eigenvalue weighted by molar-refractivity contribution is 0.616. The van der Waals surface area contributed by atoms with Crippen LogP contribution in [0.25, 0.3) is 16.6 Å². The summed E-state index contributed by atoms with van der Waals surface area (Å²) in [5.74, 6) is 3.05. The van der Waals surface area contributed by atoms with Gasteiger partial charge in [-0.2, -0.15) is 5.10 Å². The summed E-state index contributed by atoms with van der Waals surface area (Å²) >= 11 is 1.84. The molecular weight excluding hydrogens is 464 g/mol. The number of rotatable bonds is 12. The molecule has 1 aliphatic heterocycles. The third-order valence-electron chi connectivity index (χ3n) is 7.05. The predicted molar refractivity (Wildman–Crippen MR) is 157 cm³/mol. The number of anilines is 2. The monoisotopic (exact) mass is 506 g/mol. The van der Waals surface area contributed by atoms with Gasteiger partial charge in [0.15, 0.2) is 0 Å². The summed E-state index contributed by atoms with van der Waals surface area (Å²) in [6, 6.07) is 11.7. The van der Waals surface area contributed by atoms with Crippen molar-refractivity contribution in [3.8, 4) is 11.1 Å². The molecule has 0 radical (unpaired) electrons. The van der Waals surface area contributed by atoms with Crippen molar-refractivity contribution in [1.29, 1.82) is 0 Å². The minimum atomic E-state index is 0.0691. The van der Waals surface area contributed by atoms with E-state index in [4.69, 9.17) is 10.1 Å². The van der Waals surface area contributed by atoms with Gasteiger partial charge in [0, 0.05) is 29.6 Å². The van der Waals surface area contributed by atoms with Gasteiger partial charge in [-0.25, -0.2) is 9.50 Å². The molecule has 0 saturated carbocycles. The van der Waals surface area contributed by atoms with Gasteiger partial charge in [-0.05, 0) is 68.9 Å². The Morgan fingerprint density at radius 1 is 1.03 bits per heavy atom. The molecule has 2 N–H and O–H groups in total. The van der Waals surface area contributed by atoms with Crippen molar-refractivity contribution in [2.24, 2.45) is 4.99 Å². The topological polar surface area (TPSA) is 66.6 Å². The van der Waals surface area contributed by atoms with Crippen LogP contribution in [0.2, 0.25) is 0 Å². The van der Waals surface area contributed by atoms with Crippen LogP contribution in [-0.2, 0) is 0 Å². The van der Waals surface area contributed by atoms with Gasteiger partial charge in [0.05, 0.1) is 22.3 Å². The Balaban J connectivity index is 1.82. The van der Waals surface area contributed by atoms with Crippen LogP contribution in [0.5, 0.6) is 0 Å². The zero-order valence-corrected chi connectivity index (χ0v) is 23.4. The van der Waals surface area contributed by atoms with E-state index in [2.05, 4.69) is 85.1 Å². The first-order chi connectivity index (χ1) is 17.6. The van der Waals surface area contributed by atoms with Crippen molar-refractivity contribution in [3.05, 3.63) is 42.2 Å². The number of hydrogen-bond acceptors (Lipinski definition) is 6. The molecule has 0 amide bonds. The second kappa shape index (κ2) is 12.6. The van der Waals surface area contributed by atoms with Crippen LogP contribution >= 0.6 is 11.8 Å². The van der Waals surface area contributed by atoms with E-state index in [9.17, 15) is 0 Å². The van der Waals surface area contributed by atoms with Gasteiger partial charge >= 0.3 is 0 Å². The molecule has 0 saturated heterocycles. The SMILES string of the molecule is CCCC(CC)Nc1cc(-c2c(C3CCSC(C)=N3)nn3c(NC(CC)CCC)cccc23)ccn1. The molecular formula is C29H42N6S. The van der Waals surface area contributed by atoms with Gasteiger partial charge in [0.25, 0.3) is 0 Å². The highest BCUT2D eigenvalue weighted by Gasteiger charge is 2.26. The molecule has 6 nitrogen and oxygen atoms in total. The maximum atomic E-state index is 5.23. The first-order valence-corrected chi connectivity index (χ1v) is 14.7. The van der Waals surface area contributed by atoms with Crippen molar-refractivity contribution in [3.63, 3.8) is 0 Å². The van der Waals surface area contributed by atoms with Gasteiger partial charge in [-0.1, -0.05) is 46.6 Å². The third-order valence-corrected chi connectivity index (χ3v) is 8.02. The van der Waals surface area contributed by atoms with E-state index in [1.807, 2.05) is 18.0 Å². The molecule has 0 aliphatic carbocycles. The summed E-state index contributed by atoms with van der Waals surface area (Å²) in [7, 11) is 0. The summed E-state index contributed by atoms with van der Waals surface area (Å²) in [6.45, 7) is 11.1. The molecule has 4 heterocycles. The van der Waals surface area contributed by atoms with E-state index in [-0.39, 0.29) is 6.04 Å². The Bertz CT molecular complexity index is 1170. The van der Waals surface area contributed by atoms with Crippen molar-refractivity contribution < 1.29 is 0 Å². The minimum absolute atomic E-state index is 0.0691. The van der Waals surface area contributed by atoms with Crippen LogP contribution in [0.3, 0.4) is 0 Å². The van der Waals surface area contributed by atoms with E-state index in [0.29, 0.717) is 12.1 Å². The number of aliphatic imine (C=N–C) groups is 1. The fourth-order valence-corrected chi connectivity index (χ4v) is 5.94. The summed E-state index contributed by atoms with van der Waals surface area (Å²) in [5, 5.41) is 13.8. The molecule has 0 fully saturated rings. The normalized spacial score (nSPS) is 17.6. The number of fused-ring (bicyclic) bond motifs is 1. The highest BCUT2D eigenvalue weighted by Crippen LogP contribution is 2.39. The lowest BCUT2D eigenvalue weighted by atomic mass is 9.99. The Morgan fingerprint density at radius 2 is 1.78 bits per heavy atom. The molecule has 194 valence electrons. The smallest absolute Gasteiger partial charge is 0.128 e. The summed E-state index contributed by atoms with van der Waals surface area (Å²) in [6.07, 6.45) is 9.70. The van der Waals surface area contributed by atoms with E-state index in [1.165, 1.54) is 5.56 Å². The minimum Gasteiger partial charge on any atom is -0.367 e. The van der Waals surface area contributed by atoms with Crippen LogP contribution in [0, 0.1) is 0 Å². The molecule has 3 aromatic rings. The van der Waals surface area contributed by atoms with E-state index in [0.717, 1.165) is 84.2 Å². The fraction of sp³-hybridized carbons (Fsp3) is 0.552. The lowest BCUT2D eigenvalue weighted by Crippen LogP contribution is -2.20. The average Bonchev–Trinajstić information content (AvgIpc) is 3.29. The second-order valence-corrected chi connectivity index (χ2v) is 11.1. The fourth-order valence-electron chi connectivity index (χ4n) is 5.10. The predicted octanol–water partition coefficient (Wildman–Crippen LogP) is 7.97. The maximum absolute atomic E-state index is 5.23. The van der Waals surface area contributed by atoms with E-state index < -0.39 is 0 Å². The largest absolute Gasteiger partial charge is 0.367 e. The van der Waals surface area contributed by atoms with E-state index in [1.54, 1.807) is 0 Å². The zero-order valence-electron chi connectivity index (χ0n) is 22.6. The second-order valence-electron chi connectivity index (χ2n) is 9.78. The standard InChI is InChI=1S/C29H42N6S/c1-6-11-22(8-3)32-26-19-21(15-17-30-26)28-25-13-10-14-27(33-23(9-4)12-7-2)35(25)34-29(28)24-16-18-36-20(5)31-24/h10,13-15,17,19,22-24,33H,6-9,11-12,16,18H2,1-5H3,(H,30,32). The number of thioether (sulfide) groups is 1. The first kappa shape index (κ1) is 26.5.